The van der Waals surface area contributed by atoms with Gasteiger partial charge >= 0.3 is 0 Å². The van der Waals surface area contributed by atoms with E-state index in [0.29, 0.717) is 21.8 Å². The van der Waals surface area contributed by atoms with Crippen LogP contribution in [0.15, 0.2) is 76.8 Å². The first-order valence-corrected chi connectivity index (χ1v) is 10.5. The summed E-state index contributed by atoms with van der Waals surface area (Å²) in [6.07, 6.45) is 0. The first kappa shape index (κ1) is 21.3. The van der Waals surface area contributed by atoms with Gasteiger partial charge in [-0.1, -0.05) is 51.8 Å². The monoisotopic (exact) mass is 499 g/mol. The standard InChI is InChI=1S/C24H16BrClFNO3/c1-13-11-15(7-10-19(13)25)22(29)20-21(14-5-8-17(27)9-6-14)28(24(31)23(20)30)18-4-2-3-16(26)12-18/h2-12,21,29H,1H3/b22-20+. The van der Waals surface area contributed by atoms with Gasteiger partial charge in [-0.2, -0.15) is 0 Å². The lowest BCUT2D eigenvalue weighted by molar-refractivity contribution is -0.132. The maximum Gasteiger partial charge on any atom is 0.300 e. The minimum absolute atomic E-state index is 0.0710. The van der Waals surface area contributed by atoms with Crippen LogP contribution in [-0.2, 0) is 9.59 Å². The molecule has 3 aromatic carbocycles. The SMILES string of the molecule is Cc1cc(/C(O)=C2\C(=O)C(=O)N(c3cccc(Cl)c3)C2c2ccc(F)cc2)ccc1Br. The summed E-state index contributed by atoms with van der Waals surface area (Å²) in [4.78, 5) is 27.4. The molecule has 156 valence electrons. The molecule has 1 N–H and O–H groups in total. The summed E-state index contributed by atoms with van der Waals surface area (Å²) >= 11 is 9.52. The lowest BCUT2D eigenvalue weighted by Crippen LogP contribution is -2.29. The molecule has 0 aromatic heterocycles. The second-order valence-corrected chi connectivity index (χ2v) is 8.46. The van der Waals surface area contributed by atoms with Crippen LogP contribution in [0, 0.1) is 12.7 Å². The number of Topliss-reactive ketones (excluding diaryl/α,β-unsaturated/α-hetero) is 1. The number of benzene rings is 3. The lowest BCUT2D eigenvalue weighted by atomic mass is 9.94. The highest BCUT2D eigenvalue weighted by Gasteiger charge is 2.47. The van der Waals surface area contributed by atoms with E-state index in [0.717, 1.165) is 10.0 Å². The number of rotatable bonds is 3. The summed E-state index contributed by atoms with van der Waals surface area (Å²) in [5.74, 6) is -2.38. The summed E-state index contributed by atoms with van der Waals surface area (Å²) in [6, 6.07) is 16.2. The zero-order valence-electron chi connectivity index (χ0n) is 16.3. The second-order valence-electron chi connectivity index (χ2n) is 7.16. The minimum atomic E-state index is -0.942. The molecular weight excluding hydrogens is 485 g/mol. The highest BCUT2D eigenvalue weighted by Crippen LogP contribution is 2.42. The molecule has 1 atom stereocenters. The second kappa shape index (κ2) is 8.29. The third-order valence-corrected chi connectivity index (χ3v) is 6.27. The van der Waals surface area contributed by atoms with E-state index >= 15 is 0 Å². The molecular formula is C24H16BrClFNO3. The fraction of sp³-hybridized carbons (Fsp3) is 0.0833. The first-order valence-electron chi connectivity index (χ1n) is 9.36. The smallest absolute Gasteiger partial charge is 0.300 e. The Bertz CT molecular complexity index is 1240. The maximum atomic E-state index is 13.6. The van der Waals surface area contributed by atoms with Crippen molar-refractivity contribution in [1.82, 2.24) is 0 Å². The van der Waals surface area contributed by atoms with Gasteiger partial charge < -0.3 is 5.11 Å². The summed E-state index contributed by atoms with van der Waals surface area (Å²) in [6.45, 7) is 1.85. The number of ketones is 1. The van der Waals surface area contributed by atoms with Gasteiger partial charge in [0.15, 0.2) is 0 Å². The number of amides is 1. The highest BCUT2D eigenvalue weighted by atomic mass is 79.9. The Morgan fingerprint density at radius 3 is 2.42 bits per heavy atom. The van der Waals surface area contributed by atoms with E-state index in [4.69, 9.17) is 11.6 Å². The van der Waals surface area contributed by atoms with Crippen LogP contribution in [0.4, 0.5) is 10.1 Å². The van der Waals surface area contributed by atoms with E-state index < -0.39 is 23.5 Å². The molecule has 1 aliphatic rings. The first-order chi connectivity index (χ1) is 14.8. The Hall–Kier alpha value is -2.96. The fourth-order valence-corrected chi connectivity index (χ4v) is 4.06. The summed E-state index contributed by atoms with van der Waals surface area (Å²) in [5.41, 5.74) is 2.06. The molecule has 1 heterocycles. The molecule has 4 rings (SSSR count). The Labute approximate surface area is 191 Å². The molecule has 0 saturated carbocycles. The molecule has 0 bridgehead atoms. The third-order valence-electron chi connectivity index (χ3n) is 5.15. The zero-order chi connectivity index (χ0) is 22.3. The van der Waals surface area contributed by atoms with Gasteiger partial charge in [0.1, 0.15) is 11.6 Å². The predicted octanol–water partition coefficient (Wildman–Crippen LogP) is 6.18. The maximum absolute atomic E-state index is 13.6. The summed E-state index contributed by atoms with van der Waals surface area (Å²) < 4.78 is 14.4. The predicted molar refractivity (Wildman–Crippen MR) is 122 cm³/mol. The van der Waals surface area contributed by atoms with Crippen LogP contribution in [0.25, 0.3) is 5.76 Å². The van der Waals surface area contributed by atoms with Crippen molar-refractivity contribution in [2.45, 2.75) is 13.0 Å². The zero-order valence-corrected chi connectivity index (χ0v) is 18.6. The summed E-state index contributed by atoms with van der Waals surface area (Å²) in [5, 5.41) is 11.5. The largest absolute Gasteiger partial charge is 0.507 e. The van der Waals surface area contributed by atoms with E-state index in [9.17, 15) is 19.1 Å². The van der Waals surface area contributed by atoms with Crippen molar-refractivity contribution >= 4 is 50.7 Å². The van der Waals surface area contributed by atoms with E-state index in [-0.39, 0.29) is 11.3 Å². The molecule has 1 saturated heterocycles. The molecule has 1 aliphatic heterocycles. The number of nitrogens with zero attached hydrogens (tertiary/aromatic N) is 1. The number of aliphatic hydroxyl groups excluding tert-OH is 1. The highest BCUT2D eigenvalue weighted by molar-refractivity contribution is 9.10. The van der Waals surface area contributed by atoms with Gasteiger partial charge in [0.25, 0.3) is 11.7 Å². The van der Waals surface area contributed by atoms with Gasteiger partial charge in [-0.25, -0.2) is 4.39 Å². The lowest BCUT2D eigenvalue weighted by Gasteiger charge is -2.25. The molecule has 3 aromatic rings. The van der Waals surface area contributed by atoms with E-state index in [1.54, 1.807) is 42.5 Å². The van der Waals surface area contributed by atoms with Crippen molar-refractivity contribution in [2.24, 2.45) is 0 Å². The van der Waals surface area contributed by atoms with E-state index in [1.165, 1.54) is 29.2 Å². The number of carbonyl (C=O) groups excluding carboxylic acids is 2. The number of hydrogen-bond donors (Lipinski definition) is 1. The van der Waals surface area contributed by atoms with E-state index in [2.05, 4.69) is 15.9 Å². The number of anilines is 1. The van der Waals surface area contributed by atoms with E-state index in [1.807, 2.05) is 6.92 Å². The Kier molecular flexibility index (Phi) is 5.69. The Morgan fingerprint density at radius 1 is 1.06 bits per heavy atom. The molecule has 4 nitrogen and oxygen atoms in total. The third kappa shape index (κ3) is 3.89. The molecule has 1 unspecified atom stereocenters. The minimum Gasteiger partial charge on any atom is -0.507 e. The van der Waals surface area contributed by atoms with Crippen molar-refractivity contribution in [3.63, 3.8) is 0 Å². The quantitative estimate of drug-likeness (QED) is 0.266. The van der Waals surface area contributed by atoms with Crippen molar-refractivity contribution < 1.29 is 19.1 Å². The van der Waals surface area contributed by atoms with Crippen LogP contribution in [0.1, 0.15) is 22.7 Å². The van der Waals surface area contributed by atoms with Crippen LogP contribution < -0.4 is 4.90 Å². The van der Waals surface area contributed by atoms with Crippen LogP contribution in [0.2, 0.25) is 5.02 Å². The van der Waals surface area contributed by atoms with Gasteiger partial charge in [0.05, 0.1) is 11.6 Å². The van der Waals surface area contributed by atoms with Crippen molar-refractivity contribution in [2.75, 3.05) is 4.90 Å². The molecule has 7 heteroatoms. The van der Waals surface area contributed by atoms with Gasteiger partial charge in [-0.05, 0) is 60.5 Å². The number of carbonyl (C=O) groups is 2. The van der Waals surface area contributed by atoms with Gasteiger partial charge in [-0.3, -0.25) is 14.5 Å². The number of aliphatic hydroxyl groups is 1. The average Bonchev–Trinajstić information content (AvgIpc) is 3.01. The fourth-order valence-electron chi connectivity index (χ4n) is 3.63. The van der Waals surface area contributed by atoms with Gasteiger partial charge in [-0.15, -0.1) is 0 Å². The molecule has 0 radical (unpaired) electrons. The van der Waals surface area contributed by atoms with Crippen LogP contribution >= 0.6 is 27.5 Å². The molecule has 31 heavy (non-hydrogen) atoms. The molecule has 1 amide bonds. The van der Waals surface area contributed by atoms with Crippen molar-refractivity contribution in [3.8, 4) is 0 Å². The average molecular weight is 501 g/mol. The Morgan fingerprint density at radius 2 is 1.77 bits per heavy atom. The molecule has 1 fully saturated rings. The van der Waals surface area contributed by atoms with Crippen molar-refractivity contribution in [1.29, 1.82) is 0 Å². The van der Waals surface area contributed by atoms with Crippen LogP contribution in [0.5, 0.6) is 0 Å². The van der Waals surface area contributed by atoms with Gasteiger partial charge in [0, 0.05) is 20.7 Å². The van der Waals surface area contributed by atoms with Crippen LogP contribution in [0.3, 0.4) is 0 Å². The van der Waals surface area contributed by atoms with Crippen LogP contribution in [-0.4, -0.2) is 16.8 Å². The number of hydrogen-bond acceptors (Lipinski definition) is 3. The Balaban J connectivity index is 1.96. The topological polar surface area (TPSA) is 57.6 Å². The number of aryl methyl sites for hydroxylation is 1. The van der Waals surface area contributed by atoms with Crippen molar-refractivity contribution in [3.05, 3.63) is 104 Å². The number of halogens is 3. The molecule has 0 aliphatic carbocycles. The normalized spacial score (nSPS) is 17.9. The molecule has 0 spiro atoms. The summed E-state index contributed by atoms with van der Waals surface area (Å²) in [7, 11) is 0. The van der Waals surface area contributed by atoms with Gasteiger partial charge in [0.2, 0.25) is 0 Å².